The maximum atomic E-state index is 6.26. The number of benzene rings is 2. The van der Waals surface area contributed by atoms with E-state index in [2.05, 4.69) is 49.2 Å². The van der Waals surface area contributed by atoms with Gasteiger partial charge < -0.3 is 18.9 Å². The second-order valence-electron chi connectivity index (χ2n) is 9.29. The maximum absolute atomic E-state index is 6.26. The van der Waals surface area contributed by atoms with Gasteiger partial charge in [0.2, 0.25) is 0 Å². The summed E-state index contributed by atoms with van der Waals surface area (Å²) in [4.78, 5) is 2.26. The van der Waals surface area contributed by atoms with Crippen LogP contribution in [0.1, 0.15) is 25.7 Å². The zero-order valence-electron chi connectivity index (χ0n) is 24.0. The molecule has 0 fully saturated rings. The van der Waals surface area contributed by atoms with Crippen molar-refractivity contribution in [1.82, 2.24) is 0 Å². The van der Waals surface area contributed by atoms with Crippen LogP contribution in [0.4, 0.5) is 0 Å². The quantitative estimate of drug-likeness (QED) is 0.0795. The summed E-state index contributed by atoms with van der Waals surface area (Å²) in [5.74, 6) is 3.14. The minimum absolute atomic E-state index is 0.539. The molecule has 0 saturated carbocycles. The minimum atomic E-state index is 0.539. The molecule has 0 saturated heterocycles. The zero-order chi connectivity index (χ0) is 29.6. The van der Waals surface area contributed by atoms with E-state index in [1.54, 1.807) is 22.7 Å². The SMILES string of the molecule is C=CCCOc1cccc(OCCC=C)c1-c1ccsc1-c1sccc1-c1c(OCCC=C)cccc1OCCC=C. The van der Waals surface area contributed by atoms with Crippen LogP contribution < -0.4 is 18.9 Å². The summed E-state index contributed by atoms with van der Waals surface area (Å²) >= 11 is 3.40. The Morgan fingerprint density at radius 2 is 0.786 bits per heavy atom. The Labute approximate surface area is 257 Å². The Kier molecular flexibility index (Phi) is 12.1. The lowest BCUT2D eigenvalue weighted by molar-refractivity contribution is 0.311. The molecule has 0 aliphatic carbocycles. The third-order valence-corrected chi connectivity index (χ3v) is 8.36. The highest BCUT2D eigenvalue weighted by Gasteiger charge is 2.24. The topological polar surface area (TPSA) is 36.9 Å². The highest BCUT2D eigenvalue weighted by Crippen LogP contribution is 2.52. The summed E-state index contributed by atoms with van der Waals surface area (Å²) in [6.45, 7) is 17.5. The van der Waals surface area contributed by atoms with Crippen molar-refractivity contribution in [3.63, 3.8) is 0 Å². The first kappa shape index (κ1) is 30.9. The molecule has 6 heteroatoms. The summed E-state index contributed by atoms with van der Waals surface area (Å²) in [5, 5.41) is 4.24. The van der Waals surface area contributed by atoms with E-state index in [9.17, 15) is 0 Å². The molecule has 2 heterocycles. The van der Waals surface area contributed by atoms with Crippen molar-refractivity contribution in [1.29, 1.82) is 0 Å². The molecule has 4 aromatic rings. The normalized spacial score (nSPS) is 10.6. The molecule has 0 aliphatic rings. The van der Waals surface area contributed by atoms with E-state index in [0.717, 1.165) is 80.7 Å². The third-order valence-electron chi connectivity index (χ3n) is 6.37. The van der Waals surface area contributed by atoms with Crippen molar-refractivity contribution in [2.24, 2.45) is 0 Å². The van der Waals surface area contributed by atoms with Gasteiger partial charge in [-0.25, -0.2) is 0 Å². The second-order valence-corrected chi connectivity index (χ2v) is 11.1. The van der Waals surface area contributed by atoms with Crippen LogP contribution >= 0.6 is 22.7 Å². The van der Waals surface area contributed by atoms with Crippen LogP contribution in [0.2, 0.25) is 0 Å². The first-order valence-electron chi connectivity index (χ1n) is 14.1. The Morgan fingerprint density at radius 1 is 0.476 bits per heavy atom. The Balaban J connectivity index is 1.83. The number of thiophene rings is 2. The Morgan fingerprint density at radius 3 is 1.07 bits per heavy atom. The molecule has 2 aromatic carbocycles. The van der Waals surface area contributed by atoms with E-state index >= 15 is 0 Å². The van der Waals surface area contributed by atoms with Gasteiger partial charge in [0.15, 0.2) is 0 Å². The van der Waals surface area contributed by atoms with Crippen molar-refractivity contribution in [2.45, 2.75) is 25.7 Å². The van der Waals surface area contributed by atoms with Crippen LogP contribution in [-0.2, 0) is 0 Å². The first-order chi connectivity index (χ1) is 20.7. The predicted molar refractivity (Wildman–Crippen MR) is 180 cm³/mol. The average molecular weight is 599 g/mol. The van der Waals surface area contributed by atoms with Crippen LogP contribution in [-0.4, -0.2) is 26.4 Å². The van der Waals surface area contributed by atoms with Crippen LogP contribution in [0.5, 0.6) is 23.0 Å². The summed E-state index contributed by atoms with van der Waals surface area (Å²) in [6, 6.07) is 16.3. The molecule has 0 radical (unpaired) electrons. The predicted octanol–water partition coefficient (Wildman–Crippen LogP) is 10.6. The molecule has 0 amide bonds. The minimum Gasteiger partial charge on any atom is -0.492 e. The summed E-state index contributed by atoms with van der Waals surface area (Å²) < 4.78 is 25.1. The standard InChI is InChI=1S/C36H38O4S2/c1-5-9-21-37-29-15-13-16-30(38-22-10-6-2)33(29)27-19-25-41-35(27)36-28(20-26-42-36)34-31(39-23-11-7-3)17-14-18-32(34)40-24-12-8-4/h5-8,13-20,25-26H,1-4,9-12,21-24H2. The van der Waals surface area contributed by atoms with Crippen molar-refractivity contribution in [3.05, 3.63) is 110 Å². The summed E-state index contributed by atoms with van der Waals surface area (Å²) in [6.07, 6.45) is 10.5. The van der Waals surface area contributed by atoms with Crippen molar-refractivity contribution < 1.29 is 18.9 Å². The molecule has 4 rings (SSSR count). The van der Waals surface area contributed by atoms with Gasteiger partial charge in [-0.3, -0.25) is 0 Å². The van der Waals surface area contributed by atoms with Gasteiger partial charge in [0.05, 0.1) is 47.3 Å². The van der Waals surface area contributed by atoms with E-state index in [1.807, 2.05) is 60.7 Å². The first-order valence-corrected chi connectivity index (χ1v) is 15.9. The molecular formula is C36H38O4S2. The monoisotopic (exact) mass is 598 g/mol. The molecule has 42 heavy (non-hydrogen) atoms. The van der Waals surface area contributed by atoms with Gasteiger partial charge in [0, 0.05) is 11.1 Å². The second kappa shape index (κ2) is 16.4. The molecular weight excluding hydrogens is 561 g/mol. The fourth-order valence-corrected chi connectivity index (χ4v) is 6.40. The number of hydrogen-bond acceptors (Lipinski definition) is 6. The highest BCUT2D eigenvalue weighted by atomic mass is 32.1. The summed E-state index contributed by atoms with van der Waals surface area (Å²) in [5.41, 5.74) is 4.01. The number of hydrogen-bond donors (Lipinski definition) is 0. The van der Waals surface area contributed by atoms with Crippen LogP contribution in [0.3, 0.4) is 0 Å². The molecule has 2 aromatic heterocycles. The molecule has 0 atom stereocenters. The van der Waals surface area contributed by atoms with E-state index in [1.165, 1.54) is 0 Å². The fourth-order valence-electron chi connectivity index (χ4n) is 4.41. The van der Waals surface area contributed by atoms with Crippen LogP contribution in [0, 0.1) is 0 Å². The van der Waals surface area contributed by atoms with Crippen LogP contribution in [0.25, 0.3) is 32.0 Å². The largest absolute Gasteiger partial charge is 0.492 e. The molecule has 0 N–H and O–H groups in total. The van der Waals surface area contributed by atoms with Crippen molar-refractivity contribution in [3.8, 4) is 55.0 Å². The molecule has 4 nitrogen and oxygen atoms in total. The average Bonchev–Trinajstić information content (AvgIpc) is 3.68. The molecule has 0 aliphatic heterocycles. The Bertz CT molecular complexity index is 1300. The molecule has 218 valence electrons. The Hall–Kier alpha value is -4.00. The van der Waals surface area contributed by atoms with Crippen molar-refractivity contribution >= 4 is 22.7 Å². The van der Waals surface area contributed by atoms with E-state index in [0.29, 0.717) is 26.4 Å². The number of rotatable bonds is 19. The van der Waals surface area contributed by atoms with Crippen molar-refractivity contribution in [2.75, 3.05) is 26.4 Å². The van der Waals surface area contributed by atoms with Gasteiger partial charge >= 0.3 is 0 Å². The zero-order valence-corrected chi connectivity index (χ0v) is 25.7. The van der Waals surface area contributed by atoms with Gasteiger partial charge in [-0.05, 0) is 72.8 Å². The van der Waals surface area contributed by atoms with E-state index in [4.69, 9.17) is 18.9 Å². The van der Waals surface area contributed by atoms with Gasteiger partial charge in [-0.15, -0.1) is 49.0 Å². The number of ether oxygens (including phenoxy) is 4. The maximum Gasteiger partial charge on any atom is 0.130 e. The van der Waals surface area contributed by atoms with Gasteiger partial charge in [-0.1, -0.05) is 36.4 Å². The summed E-state index contributed by atoms with van der Waals surface area (Å²) in [7, 11) is 0. The van der Waals surface area contributed by atoms with E-state index < -0.39 is 0 Å². The lowest BCUT2D eigenvalue weighted by Crippen LogP contribution is -2.02. The van der Waals surface area contributed by atoms with Gasteiger partial charge in [-0.2, -0.15) is 0 Å². The lowest BCUT2D eigenvalue weighted by Gasteiger charge is -2.18. The molecule has 0 spiro atoms. The van der Waals surface area contributed by atoms with E-state index in [-0.39, 0.29) is 0 Å². The molecule has 0 bridgehead atoms. The third kappa shape index (κ3) is 7.64. The highest BCUT2D eigenvalue weighted by molar-refractivity contribution is 7.21. The fraction of sp³-hybridized carbons (Fsp3) is 0.222. The van der Waals surface area contributed by atoms with Crippen LogP contribution in [0.15, 0.2) is 110 Å². The molecule has 0 unspecified atom stereocenters. The van der Waals surface area contributed by atoms with Gasteiger partial charge in [0.25, 0.3) is 0 Å². The smallest absolute Gasteiger partial charge is 0.130 e. The van der Waals surface area contributed by atoms with Gasteiger partial charge in [0.1, 0.15) is 23.0 Å². The lowest BCUT2D eigenvalue weighted by atomic mass is 9.99.